The first kappa shape index (κ1) is 23.8. The zero-order chi connectivity index (χ0) is 23.7. The predicted molar refractivity (Wildman–Crippen MR) is 103 cm³/mol. The third-order valence-electron chi connectivity index (χ3n) is 5.36. The number of rotatable bonds is 5. The largest absolute Gasteiger partial charge is 0.393 e. The molecule has 12 heteroatoms. The molecule has 2 N–H and O–H groups in total. The number of anilines is 1. The minimum absolute atomic E-state index is 0.0829. The highest BCUT2D eigenvalue weighted by Crippen LogP contribution is 2.41. The van der Waals surface area contributed by atoms with E-state index >= 15 is 0 Å². The van der Waals surface area contributed by atoms with Gasteiger partial charge >= 0.3 is 6.18 Å². The van der Waals surface area contributed by atoms with E-state index in [9.17, 15) is 35.9 Å². The van der Waals surface area contributed by atoms with Crippen LogP contribution in [-0.4, -0.2) is 52.0 Å². The van der Waals surface area contributed by atoms with Crippen LogP contribution in [0.15, 0.2) is 35.4 Å². The van der Waals surface area contributed by atoms with Crippen LogP contribution in [0.3, 0.4) is 0 Å². The smallest absolute Gasteiger partial charge is 0.329 e. The monoisotopic (exact) mass is 462 g/mol. The Balaban J connectivity index is 1.79. The minimum Gasteiger partial charge on any atom is -0.329 e. The summed E-state index contributed by atoms with van der Waals surface area (Å²) in [6.07, 6.45) is -4.95. The molecule has 3 rings (SSSR count). The van der Waals surface area contributed by atoms with Crippen molar-refractivity contribution in [2.45, 2.75) is 43.8 Å². The molecule has 2 atom stereocenters. The Morgan fingerprint density at radius 1 is 1.38 bits per heavy atom. The molecule has 1 amide bonds. The number of carbonyl (C=O) groups excluding carboxylic acids is 1. The highest BCUT2D eigenvalue weighted by atomic mass is 19.4. The van der Waals surface area contributed by atoms with Gasteiger partial charge in [-0.2, -0.15) is 13.2 Å². The van der Waals surface area contributed by atoms with Crippen molar-refractivity contribution in [2.75, 3.05) is 18.4 Å². The van der Waals surface area contributed by atoms with Crippen LogP contribution in [0.1, 0.15) is 30.4 Å². The number of piperidine rings is 1. The Labute approximate surface area is 178 Å². The third kappa shape index (κ3) is 5.67. The number of alkyl halides is 5. The summed E-state index contributed by atoms with van der Waals surface area (Å²) in [5, 5.41) is 2.47. The van der Waals surface area contributed by atoms with Gasteiger partial charge in [0.2, 0.25) is 5.91 Å². The van der Waals surface area contributed by atoms with Crippen LogP contribution in [0.2, 0.25) is 0 Å². The molecule has 32 heavy (non-hydrogen) atoms. The fourth-order valence-electron chi connectivity index (χ4n) is 3.57. The van der Waals surface area contributed by atoms with Crippen molar-refractivity contribution in [3.63, 3.8) is 0 Å². The van der Waals surface area contributed by atoms with Gasteiger partial charge < -0.3 is 10.3 Å². The van der Waals surface area contributed by atoms with Crippen molar-refractivity contribution in [1.29, 1.82) is 0 Å². The SMILES string of the molecule is C[C@@H](C(=O)Nc1ccc(F)cn1)N1CCC(F)(F)[C@@H](c2c[nH]c(=O)c(CC(F)(F)F)c2)C1. The first-order valence-corrected chi connectivity index (χ1v) is 9.68. The number of pyridine rings is 2. The molecule has 1 fully saturated rings. The van der Waals surface area contributed by atoms with E-state index in [0.717, 1.165) is 24.5 Å². The molecular weight excluding hydrogens is 442 g/mol. The summed E-state index contributed by atoms with van der Waals surface area (Å²) >= 11 is 0. The number of H-pyrrole nitrogens is 1. The van der Waals surface area contributed by atoms with Crippen LogP contribution in [-0.2, 0) is 11.2 Å². The fourth-order valence-corrected chi connectivity index (χ4v) is 3.57. The molecule has 0 aromatic carbocycles. The normalized spacial score (nSPS) is 20.0. The number of halogens is 6. The number of amides is 1. The summed E-state index contributed by atoms with van der Waals surface area (Å²) in [7, 11) is 0. The summed E-state index contributed by atoms with van der Waals surface area (Å²) in [6.45, 7) is 1.03. The van der Waals surface area contributed by atoms with Crippen LogP contribution in [0.4, 0.5) is 32.2 Å². The molecule has 1 saturated heterocycles. The number of likely N-dealkylation sites (tertiary alicyclic amines) is 1. The Hall–Kier alpha value is -2.89. The van der Waals surface area contributed by atoms with Gasteiger partial charge in [0.25, 0.3) is 11.5 Å². The van der Waals surface area contributed by atoms with Crippen LogP contribution in [0.25, 0.3) is 0 Å². The third-order valence-corrected chi connectivity index (χ3v) is 5.36. The van der Waals surface area contributed by atoms with E-state index in [1.807, 2.05) is 0 Å². The molecule has 0 unspecified atom stereocenters. The van der Waals surface area contributed by atoms with E-state index in [1.54, 1.807) is 0 Å². The predicted octanol–water partition coefficient (Wildman–Crippen LogP) is 3.47. The van der Waals surface area contributed by atoms with Crippen molar-refractivity contribution in [1.82, 2.24) is 14.9 Å². The van der Waals surface area contributed by atoms with E-state index in [2.05, 4.69) is 15.3 Å². The topological polar surface area (TPSA) is 78.1 Å². The van der Waals surface area contributed by atoms with Gasteiger partial charge in [0.15, 0.2) is 0 Å². The molecule has 0 saturated carbocycles. The molecule has 0 aliphatic carbocycles. The molecule has 0 radical (unpaired) electrons. The van der Waals surface area contributed by atoms with Crippen LogP contribution in [0.5, 0.6) is 0 Å². The van der Waals surface area contributed by atoms with Gasteiger partial charge in [-0.15, -0.1) is 0 Å². The van der Waals surface area contributed by atoms with Gasteiger partial charge in [-0.3, -0.25) is 14.5 Å². The van der Waals surface area contributed by atoms with Gasteiger partial charge in [0, 0.05) is 31.3 Å². The van der Waals surface area contributed by atoms with Crippen molar-refractivity contribution in [3.05, 3.63) is 57.9 Å². The molecule has 6 nitrogen and oxygen atoms in total. The molecule has 174 valence electrons. The highest BCUT2D eigenvalue weighted by molar-refractivity contribution is 5.93. The maximum atomic E-state index is 14.7. The summed E-state index contributed by atoms with van der Waals surface area (Å²) in [5.74, 6) is -5.85. The summed E-state index contributed by atoms with van der Waals surface area (Å²) in [5.41, 5.74) is -1.80. The van der Waals surface area contributed by atoms with Gasteiger partial charge in [0.1, 0.15) is 11.6 Å². The van der Waals surface area contributed by atoms with Crippen molar-refractivity contribution >= 4 is 11.7 Å². The zero-order valence-electron chi connectivity index (χ0n) is 16.8. The lowest BCUT2D eigenvalue weighted by Gasteiger charge is -2.40. The van der Waals surface area contributed by atoms with E-state index in [4.69, 9.17) is 0 Å². The maximum absolute atomic E-state index is 14.7. The average molecular weight is 462 g/mol. The molecular formula is C20H20F6N4O2. The van der Waals surface area contributed by atoms with Crippen LogP contribution < -0.4 is 10.9 Å². The number of aromatic amines is 1. The lowest BCUT2D eigenvalue weighted by Crippen LogP contribution is -2.52. The minimum atomic E-state index is -4.67. The van der Waals surface area contributed by atoms with Crippen molar-refractivity contribution in [2.24, 2.45) is 0 Å². The second-order valence-electron chi connectivity index (χ2n) is 7.66. The number of hydrogen-bond donors (Lipinski definition) is 2. The molecule has 2 aromatic rings. The lowest BCUT2D eigenvalue weighted by atomic mass is 9.86. The Kier molecular flexibility index (Phi) is 6.63. The van der Waals surface area contributed by atoms with Gasteiger partial charge in [-0.1, -0.05) is 0 Å². The molecule has 1 aliphatic heterocycles. The standard InChI is InChI=1S/C20H20F6N4O2/c1-11(17(31)29-16-3-2-14(21)9-27-16)30-5-4-19(22,23)15(10-30)13-6-12(7-20(24,25)26)18(32)28-8-13/h2-3,6,8-9,11,15H,4-5,7,10H2,1H3,(H,28,32)(H,27,29,31)/t11-,15+/m0/s1. The lowest BCUT2D eigenvalue weighted by molar-refractivity contribution is -0.128. The maximum Gasteiger partial charge on any atom is 0.393 e. The average Bonchev–Trinajstić information content (AvgIpc) is 2.70. The highest BCUT2D eigenvalue weighted by Gasteiger charge is 2.46. The van der Waals surface area contributed by atoms with Crippen LogP contribution >= 0.6 is 0 Å². The Morgan fingerprint density at radius 3 is 2.72 bits per heavy atom. The number of carbonyl (C=O) groups is 1. The van der Waals surface area contributed by atoms with Crippen molar-refractivity contribution in [3.8, 4) is 0 Å². The van der Waals surface area contributed by atoms with Gasteiger partial charge in [0.05, 0.1) is 24.6 Å². The molecule has 0 bridgehead atoms. The molecule has 3 heterocycles. The molecule has 1 aliphatic rings. The Bertz CT molecular complexity index is 1020. The molecule has 2 aromatic heterocycles. The first-order valence-electron chi connectivity index (χ1n) is 9.68. The molecule has 0 spiro atoms. The van der Waals surface area contributed by atoms with E-state index in [-0.39, 0.29) is 24.5 Å². The zero-order valence-corrected chi connectivity index (χ0v) is 16.8. The number of nitrogens with zero attached hydrogens (tertiary/aromatic N) is 2. The van der Waals surface area contributed by atoms with E-state index < -0.39 is 59.7 Å². The number of nitrogens with one attached hydrogen (secondary N) is 2. The number of hydrogen-bond acceptors (Lipinski definition) is 4. The second kappa shape index (κ2) is 8.93. The van der Waals surface area contributed by atoms with E-state index in [1.165, 1.54) is 17.9 Å². The second-order valence-corrected chi connectivity index (χ2v) is 7.66. The quantitative estimate of drug-likeness (QED) is 0.668. The van der Waals surface area contributed by atoms with Crippen molar-refractivity contribution < 1.29 is 31.1 Å². The Morgan fingerprint density at radius 2 is 2.09 bits per heavy atom. The first-order chi connectivity index (χ1) is 14.9. The van der Waals surface area contributed by atoms with Gasteiger partial charge in [-0.25, -0.2) is 18.2 Å². The van der Waals surface area contributed by atoms with Crippen LogP contribution in [0, 0.1) is 5.82 Å². The fraction of sp³-hybridized carbons (Fsp3) is 0.450. The summed E-state index contributed by atoms with van der Waals surface area (Å²) in [6, 6.07) is 2.31. The summed E-state index contributed by atoms with van der Waals surface area (Å²) < 4.78 is 80.5. The van der Waals surface area contributed by atoms with Gasteiger partial charge in [-0.05, 0) is 30.7 Å². The van der Waals surface area contributed by atoms with E-state index in [0.29, 0.717) is 0 Å². The summed E-state index contributed by atoms with van der Waals surface area (Å²) in [4.78, 5) is 31.5. The number of aromatic nitrogens is 2.